The first-order valence-electron chi connectivity index (χ1n) is 3.91. The van der Waals surface area contributed by atoms with Gasteiger partial charge in [0.05, 0.1) is 0 Å². The highest BCUT2D eigenvalue weighted by Crippen LogP contribution is 2.03. The Hall–Kier alpha value is -0.110. The van der Waals surface area contributed by atoms with Crippen LogP contribution in [0, 0.1) is 0 Å². The highest BCUT2D eigenvalue weighted by atomic mass is 19.0. The van der Waals surface area contributed by atoms with Crippen molar-refractivity contribution in [3.8, 4) is 0 Å². The summed E-state index contributed by atoms with van der Waals surface area (Å²) in [6.45, 7) is 4.51. The molecular weight excluding hydrogens is 129 g/mol. The van der Waals surface area contributed by atoms with Crippen molar-refractivity contribution in [2.24, 2.45) is 0 Å². The van der Waals surface area contributed by atoms with Crippen LogP contribution in [0.5, 0.6) is 0 Å². The number of halogens is 1. The Balaban J connectivity index is -0.000000245. The molecule has 0 saturated carbocycles. The van der Waals surface area contributed by atoms with Gasteiger partial charge in [0.25, 0.3) is 0 Å². The van der Waals surface area contributed by atoms with Crippen molar-refractivity contribution < 1.29 is 4.70 Å². The average Bonchev–Trinajstić information content (AvgIpc) is 1.81. The second-order valence-corrected chi connectivity index (χ2v) is 2.41. The zero-order valence-electron chi connectivity index (χ0n) is 7.36. The summed E-state index contributed by atoms with van der Waals surface area (Å²) in [7, 11) is 0. The third-order valence-electron chi connectivity index (χ3n) is 1.46. The quantitative estimate of drug-likeness (QED) is 0.597. The Kier molecular flexibility index (Phi) is 26.3. The van der Waals surface area contributed by atoms with Gasteiger partial charge in [-0.3, -0.25) is 4.70 Å². The maximum Gasteiger partial charge on any atom is -0.0533 e. The molecular formula is C8H22FN. The van der Waals surface area contributed by atoms with Crippen LogP contribution in [0.1, 0.15) is 52.4 Å². The summed E-state index contributed by atoms with van der Waals surface area (Å²) in [5, 5.41) is 0. The molecule has 66 valence electrons. The van der Waals surface area contributed by atoms with E-state index in [2.05, 4.69) is 13.8 Å². The summed E-state index contributed by atoms with van der Waals surface area (Å²) < 4.78 is 0. The molecule has 0 bridgehead atoms. The van der Waals surface area contributed by atoms with E-state index in [0.717, 1.165) is 0 Å². The summed E-state index contributed by atoms with van der Waals surface area (Å²) in [6, 6.07) is 0. The molecule has 0 aliphatic heterocycles. The zero-order valence-corrected chi connectivity index (χ0v) is 7.36. The summed E-state index contributed by atoms with van der Waals surface area (Å²) in [5.41, 5.74) is 0. The van der Waals surface area contributed by atoms with Crippen LogP contribution in [0.4, 0.5) is 4.70 Å². The number of unbranched alkanes of at least 4 members (excludes halogenated alkanes) is 5. The van der Waals surface area contributed by atoms with E-state index in [1.807, 2.05) is 0 Å². The van der Waals surface area contributed by atoms with E-state index in [4.69, 9.17) is 0 Å². The Morgan fingerprint density at radius 2 is 1.00 bits per heavy atom. The van der Waals surface area contributed by atoms with E-state index in [1.165, 1.54) is 38.5 Å². The molecule has 0 aromatic heterocycles. The molecule has 0 radical (unpaired) electrons. The fourth-order valence-electron chi connectivity index (χ4n) is 0.854. The average molecular weight is 151 g/mol. The van der Waals surface area contributed by atoms with Crippen LogP contribution in [-0.2, 0) is 0 Å². The molecule has 0 fully saturated rings. The molecule has 0 heterocycles. The first-order valence-corrected chi connectivity index (χ1v) is 3.91. The highest BCUT2D eigenvalue weighted by molar-refractivity contribution is 4.39. The lowest BCUT2D eigenvalue weighted by Crippen LogP contribution is -1.73. The van der Waals surface area contributed by atoms with Gasteiger partial charge in [-0.2, -0.15) is 0 Å². The van der Waals surface area contributed by atoms with Crippen LogP contribution < -0.4 is 6.15 Å². The minimum Gasteiger partial charge on any atom is -0.344 e. The minimum atomic E-state index is 0. The molecule has 0 unspecified atom stereocenters. The Bertz CT molecular complexity index is 34.2. The highest BCUT2D eigenvalue weighted by Gasteiger charge is 1.83. The lowest BCUT2D eigenvalue weighted by molar-refractivity contribution is 0.624. The number of hydrogen-bond acceptors (Lipinski definition) is 1. The van der Waals surface area contributed by atoms with E-state index < -0.39 is 0 Å². The summed E-state index contributed by atoms with van der Waals surface area (Å²) in [4.78, 5) is 0. The molecule has 0 aromatic carbocycles. The van der Waals surface area contributed by atoms with Crippen molar-refractivity contribution in [3.05, 3.63) is 0 Å². The predicted molar refractivity (Wildman–Crippen MR) is 46.6 cm³/mol. The van der Waals surface area contributed by atoms with Crippen molar-refractivity contribution in [1.29, 1.82) is 0 Å². The van der Waals surface area contributed by atoms with E-state index >= 15 is 0 Å². The van der Waals surface area contributed by atoms with Crippen molar-refractivity contribution in [2.75, 3.05) is 0 Å². The molecule has 3 N–H and O–H groups in total. The van der Waals surface area contributed by atoms with Gasteiger partial charge in [-0.25, -0.2) is 0 Å². The molecule has 10 heavy (non-hydrogen) atoms. The molecule has 0 aliphatic rings. The third kappa shape index (κ3) is 15.7. The number of hydrogen-bond donors (Lipinski definition) is 1. The van der Waals surface area contributed by atoms with Gasteiger partial charge in [0.1, 0.15) is 0 Å². The summed E-state index contributed by atoms with van der Waals surface area (Å²) in [6.07, 6.45) is 8.49. The first-order chi connectivity index (χ1) is 3.91. The molecule has 0 spiro atoms. The van der Waals surface area contributed by atoms with E-state index in [-0.39, 0.29) is 10.9 Å². The fraction of sp³-hybridized carbons (Fsp3) is 1.00. The van der Waals surface area contributed by atoms with Crippen LogP contribution in [0.25, 0.3) is 0 Å². The maximum atomic E-state index is 2.26. The third-order valence-corrected chi connectivity index (χ3v) is 1.46. The standard InChI is InChI=1S/C8H18.FH.H3N/c1-3-5-7-8-6-4-2;;/h3-8H2,1-2H3;1H;1H3. The Labute approximate surface area is 64.2 Å². The molecule has 0 aliphatic carbocycles. The van der Waals surface area contributed by atoms with Gasteiger partial charge in [0.2, 0.25) is 0 Å². The molecule has 0 aromatic rings. The van der Waals surface area contributed by atoms with Crippen molar-refractivity contribution in [1.82, 2.24) is 6.15 Å². The van der Waals surface area contributed by atoms with E-state index in [0.29, 0.717) is 0 Å². The predicted octanol–water partition coefficient (Wildman–Crippen LogP) is 3.68. The van der Waals surface area contributed by atoms with Crippen LogP contribution in [0.15, 0.2) is 0 Å². The zero-order chi connectivity index (χ0) is 6.24. The van der Waals surface area contributed by atoms with Crippen LogP contribution in [-0.4, -0.2) is 0 Å². The normalized spacial score (nSPS) is 7.80. The van der Waals surface area contributed by atoms with Crippen molar-refractivity contribution in [2.45, 2.75) is 52.4 Å². The van der Waals surface area contributed by atoms with Gasteiger partial charge in [-0.05, 0) is 0 Å². The smallest absolute Gasteiger partial charge is 0.0533 e. The first kappa shape index (κ1) is 16.5. The van der Waals surface area contributed by atoms with Gasteiger partial charge in [0, 0.05) is 0 Å². The van der Waals surface area contributed by atoms with Gasteiger partial charge in [-0.1, -0.05) is 52.4 Å². The molecule has 0 amide bonds. The van der Waals surface area contributed by atoms with Crippen LogP contribution >= 0.6 is 0 Å². The minimum absolute atomic E-state index is 0. The van der Waals surface area contributed by atoms with Gasteiger partial charge in [0.15, 0.2) is 0 Å². The lowest BCUT2D eigenvalue weighted by atomic mass is 10.1. The topological polar surface area (TPSA) is 35.0 Å². The van der Waals surface area contributed by atoms with Gasteiger partial charge < -0.3 is 6.15 Å². The Morgan fingerprint density at radius 3 is 1.20 bits per heavy atom. The van der Waals surface area contributed by atoms with Crippen molar-refractivity contribution in [3.63, 3.8) is 0 Å². The number of rotatable bonds is 5. The van der Waals surface area contributed by atoms with E-state index in [1.54, 1.807) is 0 Å². The fourth-order valence-corrected chi connectivity index (χ4v) is 0.854. The largest absolute Gasteiger partial charge is 0.344 e. The molecule has 0 rings (SSSR count). The lowest BCUT2D eigenvalue weighted by Gasteiger charge is -1.93. The Morgan fingerprint density at radius 1 is 0.700 bits per heavy atom. The molecule has 0 atom stereocenters. The van der Waals surface area contributed by atoms with Gasteiger partial charge >= 0.3 is 0 Å². The van der Waals surface area contributed by atoms with E-state index in [9.17, 15) is 0 Å². The summed E-state index contributed by atoms with van der Waals surface area (Å²) >= 11 is 0. The molecule has 2 heteroatoms. The van der Waals surface area contributed by atoms with Gasteiger partial charge in [-0.15, -0.1) is 0 Å². The molecule has 0 saturated heterocycles. The maximum absolute atomic E-state index is 2.26. The van der Waals surface area contributed by atoms with Crippen LogP contribution in [0.3, 0.4) is 0 Å². The SMILES string of the molecule is CCCCCCCC.F.N. The van der Waals surface area contributed by atoms with Crippen LogP contribution in [0.2, 0.25) is 0 Å². The summed E-state index contributed by atoms with van der Waals surface area (Å²) in [5.74, 6) is 0. The second kappa shape index (κ2) is 16.0. The monoisotopic (exact) mass is 151 g/mol. The molecule has 1 nitrogen and oxygen atoms in total. The van der Waals surface area contributed by atoms with Crippen molar-refractivity contribution >= 4 is 0 Å². The second-order valence-electron chi connectivity index (χ2n) is 2.41.